The van der Waals surface area contributed by atoms with Crippen LogP contribution in [0, 0.1) is 5.92 Å². The van der Waals surface area contributed by atoms with Crippen molar-refractivity contribution in [1.82, 2.24) is 0 Å². The lowest BCUT2D eigenvalue weighted by molar-refractivity contribution is -0.119. The van der Waals surface area contributed by atoms with Crippen molar-refractivity contribution in [2.24, 2.45) is 5.92 Å². The van der Waals surface area contributed by atoms with Crippen LogP contribution in [0.5, 0.6) is 0 Å². The highest BCUT2D eigenvalue weighted by Crippen LogP contribution is 2.38. The number of benzene rings is 1. The molecule has 4 nitrogen and oxygen atoms in total. The number of amides is 1. The number of hydrogen-bond acceptors (Lipinski definition) is 3. The van der Waals surface area contributed by atoms with E-state index in [2.05, 4.69) is 23.1 Å². The van der Waals surface area contributed by atoms with Crippen molar-refractivity contribution in [3.8, 4) is 0 Å². The molecule has 106 valence electrons. The van der Waals surface area contributed by atoms with Gasteiger partial charge in [0.15, 0.2) is 0 Å². The topological polar surface area (TPSA) is 32.8 Å². The van der Waals surface area contributed by atoms with Crippen molar-refractivity contribution in [1.29, 1.82) is 0 Å². The summed E-state index contributed by atoms with van der Waals surface area (Å²) in [4.78, 5) is 16.7. The lowest BCUT2D eigenvalue weighted by Crippen LogP contribution is -2.36. The van der Waals surface area contributed by atoms with Crippen LogP contribution < -0.4 is 9.80 Å². The molecule has 0 N–H and O–H groups in total. The minimum absolute atomic E-state index is 0.299. The van der Waals surface area contributed by atoms with E-state index in [1.807, 2.05) is 4.90 Å². The number of rotatable bonds is 2. The molecular formula is C16H20N2O2. The average Bonchev–Trinajstić information content (AvgIpc) is 3.27. The summed E-state index contributed by atoms with van der Waals surface area (Å²) >= 11 is 0. The number of fused-ring (bicyclic) bond motifs is 1. The van der Waals surface area contributed by atoms with Gasteiger partial charge in [-0.25, -0.2) is 0 Å². The highest BCUT2D eigenvalue weighted by molar-refractivity contribution is 5.98. The Morgan fingerprint density at radius 3 is 2.70 bits per heavy atom. The normalized spacial score (nSPS) is 22.0. The fourth-order valence-corrected chi connectivity index (χ4v) is 3.17. The molecule has 0 aromatic heterocycles. The Morgan fingerprint density at radius 2 is 1.95 bits per heavy atom. The number of hydrogen-bond donors (Lipinski definition) is 0. The summed E-state index contributed by atoms with van der Waals surface area (Å²) in [5.41, 5.74) is 3.68. The molecule has 1 saturated heterocycles. The average molecular weight is 272 g/mol. The first-order valence-electron chi connectivity index (χ1n) is 7.60. The predicted octanol–water partition coefficient (Wildman–Crippen LogP) is 1.82. The number of morpholine rings is 1. The molecular weight excluding hydrogens is 252 g/mol. The predicted molar refractivity (Wildman–Crippen MR) is 78.3 cm³/mol. The van der Waals surface area contributed by atoms with E-state index >= 15 is 0 Å². The molecule has 1 aliphatic carbocycles. The van der Waals surface area contributed by atoms with Gasteiger partial charge in [-0.2, -0.15) is 0 Å². The number of anilines is 2. The van der Waals surface area contributed by atoms with Gasteiger partial charge in [-0.3, -0.25) is 4.79 Å². The van der Waals surface area contributed by atoms with Crippen LogP contribution in [0.3, 0.4) is 0 Å². The van der Waals surface area contributed by atoms with E-state index in [9.17, 15) is 4.79 Å². The summed E-state index contributed by atoms with van der Waals surface area (Å²) < 4.78 is 5.41. The molecule has 2 fully saturated rings. The molecule has 1 aromatic carbocycles. The maximum absolute atomic E-state index is 12.4. The van der Waals surface area contributed by atoms with Gasteiger partial charge in [-0.1, -0.05) is 6.07 Å². The first kappa shape index (κ1) is 12.2. The summed E-state index contributed by atoms with van der Waals surface area (Å²) in [5.74, 6) is 0.635. The zero-order valence-electron chi connectivity index (χ0n) is 11.7. The van der Waals surface area contributed by atoms with Gasteiger partial charge in [0, 0.05) is 36.9 Å². The van der Waals surface area contributed by atoms with Crippen molar-refractivity contribution >= 4 is 17.3 Å². The molecule has 1 saturated carbocycles. The summed E-state index contributed by atoms with van der Waals surface area (Å²) in [6.07, 6.45) is 3.15. The van der Waals surface area contributed by atoms with E-state index < -0.39 is 0 Å². The zero-order chi connectivity index (χ0) is 13.5. The molecule has 0 bridgehead atoms. The number of nitrogens with zero attached hydrogens (tertiary/aromatic N) is 2. The van der Waals surface area contributed by atoms with Crippen LogP contribution in [-0.2, 0) is 16.0 Å². The van der Waals surface area contributed by atoms with Crippen LogP contribution in [0.1, 0.15) is 18.4 Å². The van der Waals surface area contributed by atoms with Gasteiger partial charge in [0.05, 0.1) is 13.2 Å². The van der Waals surface area contributed by atoms with Gasteiger partial charge in [-0.05, 0) is 37.0 Å². The first-order chi connectivity index (χ1) is 9.83. The second-order valence-corrected chi connectivity index (χ2v) is 5.93. The monoisotopic (exact) mass is 272 g/mol. The van der Waals surface area contributed by atoms with Crippen molar-refractivity contribution in [2.75, 3.05) is 42.6 Å². The highest BCUT2D eigenvalue weighted by Gasteiger charge is 2.36. The van der Waals surface area contributed by atoms with E-state index in [1.165, 1.54) is 11.3 Å². The summed E-state index contributed by atoms with van der Waals surface area (Å²) in [6.45, 7) is 4.32. The number of carbonyl (C=O) groups is 1. The van der Waals surface area contributed by atoms with Gasteiger partial charge in [0.25, 0.3) is 0 Å². The Kier molecular flexibility index (Phi) is 2.91. The van der Waals surface area contributed by atoms with E-state index in [1.54, 1.807) is 0 Å². The van der Waals surface area contributed by atoms with E-state index in [0.717, 1.165) is 57.8 Å². The van der Waals surface area contributed by atoms with Gasteiger partial charge in [0.1, 0.15) is 0 Å². The molecule has 3 aliphatic rings. The Morgan fingerprint density at radius 1 is 1.15 bits per heavy atom. The molecule has 1 amide bonds. The second kappa shape index (κ2) is 4.77. The summed E-state index contributed by atoms with van der Waals surface area (Å²) in [5, 5.41) is 0. The van der Waals surface area contributed by atoms with Gasteiger partial charge >= 0.3 is 0 Å². The lowest BCUT2D eigenvalue weighted by atomic mass is 10.1. The Bertz CT molecular complexity index is 533. The lowest BCUT2D eigenvalue weighted by Gasteiger charge is -2.29. The molecule has 1 aromatic rings. The van der Waals surface area contributed by atoms with Crippen molar-refractivity contribution < 1.29 is 9.53 Å². The number of carbonyl (C=O) groups excluding carboxylic acids is 1. The molecule has 4 rings (SSSR count). The van der Waals surface area contributed by atoms with Crippen molar-refractivity contribution in [3.05, 3.63) is 23.8 Å². The van der Waals surface area contributed by atoms with Crippen LogP contribution in [0.25, 0.3) is 0 Å². The van der Waals surface area contributed by atoms with Crippen LogP contribution in [0.4, 0.5) is 11.4 Å². The SMILES string of the molecule is O=C(C1CC1)N1CCc2ccc(N3CCOCC3)cc21. The first-order valence-corrected chi connectivity index (χ1v) is 7.60. The molecule has 2 heterocycles. The maximum atomic E-state index is 12.4. The smallest absolute Gasteiger partial charge is 0.230 e. The molecule has 20 heavy (non-hydrogen) atoms. The molecule has 0 radical (unpaired) electrons. The maximum Gasteiger partial charge on any atom is 0.230 e. The summed E-state index contributed by atoms with van der Waals surface area (Å²) in [7, 11) is 0. The van der Waals surface area contributed by atoms with Crippen molar-refractivity contribution in [2.45, 2.75) is 19.3 Å². The van der Waals surface area contributed by atoms with Crippen molar-refractivity contribution in [3.63, 3.8) is 0 Å². The van der Waals surface area contributed by atoms with E-state index in [-0.39, 0.29) is 0 Å². The molecule has 0 atom stereocenters. The minimum Gasteiger partial charge on any atom is -0.378 e. The Balaban J connectivity index is 1.61. The van der Waals surface area contributed by atoms with Gasteiger partial charge in [-0.15, -0.1) is 0 Å². The van der Waals surface area contributed by atoms with Gasteiger partial charge in [0.2, 0.25) is 5.91 Å². The van der Waals surface area contributed by atoms with Crippen LogP contribution >= 0.6 is 0 Å². The standard InChI is InChI=1S/C16H20N2O2/c19-16(13-1-2-13)18-6-5-12-3-4-14(11-15(12)18)17-7-9-20-10-8-17/h3-4,11,13H,1-2,5-10H2. The highest BCUT2D eigenvalue weighted by atomic mass is 16.5. The quantitative estimate of drug-likeness (QED) is 0.823. The third-order valence-electron chi connectivity index (χ3n) is 4.53. The Labute approximate surface area is 119 Å². The number of ether oxygens (including phenoxy) is 1. The Hall–Kier alpha value is -1.55. The second-order valence-electron chi connectivity index (χ2n) is 5.93. The third-order valence-corrected chi connectivity index (χ3v) is 4.53. The zero-order valence-corrected chi connectivity index (χ0v) is 11.7. The fraction of sp³-hybridized carbons (Fsp3) is 0.562. The summed E-state index contributed by atoms with van der Waals surface area (Å²) in [6, 6.07) is 6.59. The fourth-order valence-electron chi connectivity index (χ4n) is 3.17. The van der Waals surface area contributed by atoms with Crippen LogP contribution in [-0.4, -0.2) is 38.8 Å². The van der Waals surface area contributed by atoms with E-state index in [4.69, 9.17) is 4.74 Å². The largest absolute Gasteiger partial charge is 0.378 e. The third kappa shape index (κ3) is 2.08. The molecule has 2 aliphatic heterocycles. The minimum atomic E-state index is 0.299. The van der Waals surface area contributed by atoms with Crippen LogP contribution in [0.15, 0.2) is 18.2 Å². The molecule has 4 heteroatoms. The van der Waals surface area contributed by atoms with Gasteiger partial charge < -0.3 is 14.5 Å². The molecule has 0 spiro atoms. The van der Waals surface area contributed by atoms with E-state index in [0.29, 0.717) is 11.8 Å². The molecule has 0 unspecified atom stereocenters. The van der Waals surface area contributed by atoms with Crippen LogP contribution in [0.2, 0.25) is 0 Å².